The van der Waals surface area contributed by atoms with E-state index in [0.717, 1.165) is 39.4 Å². The van der Waals surface area contributed by atoms with Gasteiger partial charge in [0.1, 0.15) is 24.0 Å². The van der Waals surface area contributed by atoms with E-state index in [-0.39, 0.29) is 17.6 Å². The molecule has 39 heavy (non-hydrogen) atoms. The number of aliphatic imine (C=N–C) groups is 1. The molecule has 0 saturated carbocycles. The fraction of sp³-hybridized carbons (Fsp3) is 0.273. The van der Waals surface area contributed by atoms with Crippen molar-refractivity contribution in [1.29, 1.82) is 0 Å². The lowest BCUT2D eigenvalue weighted by Crippen LogP contribution is -2.26. The van der Waals surface area contributed by atoms with Gasteiger partial charge in [0.25, 0.3) is 5.91 Å². The van der Waals surface area contributed by atoms with Crippen molar-refractivity contribution in [2.75, 3.05) is 20.2 Å². The Hall–Kier alpha value is -4.19. The predicted octanol–water partition coefficient (Wildman–Crippen LogP) is 6.56. The van der Waals surface area contributed by atoms with Crippen LogP contribution >= 0.6 is 0 Å². The first kappa shape index (κ1) is 26.4. The monoisotopic (exact) mass is 523 g/mol. The lowest BCUT2D eigenvalue weighted by molar-refractivity contribution is 0.0963. The van der Waals surface area contributed by atoms with Gasteiger partial charge in [-0.05, 0) is 72.5 Å². The third-order valence-electron chi connectivity index (χ3n) is 7.76. The van der Waals surface area contributed by atoms with Gasteiger partial charge in [0.2, 0.25) is 0 Å². The van der Waals surface area contributed by atoms with Crippen molar-refractivity contribution in [3.05, 3.63) is 112 Å². The van der Waals surface area contributed by atoms with Crippen LogP contribution in [-0.2, 0) is 13.0 Å². The number of carbonyl (C=O) groups excluding carboxylic acids is 1. The first-order valence-electron chi connectivity index (χ1n) is 13.4. The van der Waals surface area contributed by atoms with Crippen molar-refractivity contribution < 1.29 is 13.9 Å². The van der Waals surface area contributed by atoms with Crippen LogP contribution in [0, 0.1) is 11.7 Å². The Bertz CT molecular complexity index is 1470. The van der Waals surface area contributed by atoms with E-state index in [0.29, 0.717) is 31.7 Å². The van der Waals surface area contributed by atoms with Crippen molar-refractivity contribution in [2.45, 2.75) is 33.7 Å². The highest BCUT2D eigenvalue weighted by molar-refractivity contribution is 5.94. The Morgan fingerprint density at radius 1 is 1.05 bits per heavy atom. The summed E-state index contributed by atoms with van der Waals surface area (Å²) >= 11 is 0. The summed E-state index contributed by atoms with van der Waals surface area (Å²) in [6.45, 7) is 8.41. The Kier molecular flexibility index (Phi) is 7.64. The molecule has 1 amide bonds. The van der Waals surface area contributed by atoms with E-state index >= 15 is 0 Å². The zero-order valence-corrected chi connectivity index (χ0v) is 22.9. The van der Waals surface area contributed by atoms with Gasteiger partial charge in [-0.25, -0.2) is 9.38 Å². The van der Waals surface area contributed by atoms with Crippen LogP contribution in [0.3, 0.4) is 0 Å². The van der Waals surface area contributed by atoms with E-state index in [4.69, 9.17) is 9.73 Å². The van der Waals surface area contributed by atoms with E-state index < -0.39 is 0 Å². The molecule has 0 radical (unpaired) electrons. The van der Waals surface area contributed by atoms with Crippen molar-refractivity contribution in [2.24, 2.45) is 10.9 Å². The molecule has 0 spiro atoms. The van der Waals surface area contributed by atoms with Crippen LogP contribution in [0.15, 0.2) is 94.3 Å². The second kappa shape index (κ2) is 11.3. The number of ether oxygens (including phenoxy) is 1. The lowest BCUT2D eigenvalue weighted by Gasteiger charge is -2.26. The highest BCUT2D eigenvalue weighted by atomic mass is 19.1. The molecule has 0 bridgehead atoms. The first-order chi connectivity index (χ1) is 18.8. The molecule has 200 valence electrons. The highest BCUT2D eigenvalue weighted by Crippen LogP contribution is 2.35. The summed E-state index contributed by atoms with van der Waals surface area (Å²) < 4.78 is 19.8. The molecule has 5 nitrogen and oxygen atoms in total. The number of benzene rings is 3. The third kappa shape index (κ3) is 5.65. The van der Waals surface area contributed by atoms with Crippen LogP contribution in [0.4, 0.5) is 4.39 Å². The number of carbonyl (C=O) groups is 1. The Labute approximate surface area is 229 Å². The number of hydrogen-bond donors (Lipinski definition) is 1. The van der Waals surface area contributed by atoms with Crippen molar-refractivity contribution >= 4 is 12.1 Å². The van der Waals surface area contributed by atoms with Crippen molar-refractivity contribution in [1.82, 2.24) is 10.2 Å². The molecular weight excluding hydrogens is 489 g/mol. The number of amides is 1. The molecular formula is C33H34FN3O2. The minimum absolute atomic E-state index is 0.102. The number of rotatable bonds is 5. The number of nitrogens with one attached hydrogen (secondary N) is 1. The maximum atomic E-state index is 13.6. The average Bonchev–Trinajstić information content (AvgIpc) is 3.23. The number of nitrogens with zero attached hydrogens (tertiary/aromatic N) is 2. The van der Waals surface area contributed by atoms with Gasteiger partial charge in [-0.3, -0.25) is 4.79 Å². The van der Waals surface area contributed by atoms with Crippen LogP contribution in [0.1, 0.15) is 42.3 Å². The summed E-state index contributed by atoms with van der Waals surface area (Å²) in [6.07, 6.45) is 2.70. The maximum Gasteiger partial charge on any atom is 0.251 e. The smallest absolute Gasteiger partial charge is 0.251 e. The molecule has 2 heterocycles. The third-order valence-corrected chi connectivity index (χ3v) is 7.76. The summed E-state index contributed by atoms with van der Waals surface area (Å²) in [4.78, 5) is 19.3. The molecule has 1 unspecified atom stereocenters. The van der Waals surface area contributed by atoms with Gasteiger partial charge in [-0.15, -0.1) is 0 Å². The van der Waals surface area contributed by atoms with E-state index in [9.17, 15) is 9.18 Å². The number of hydrogen-bond acceptors (Lipinski definition) is 4. The van der Waals surface area contributed by atoms with Crippen molar-refractivity contribution in [3.8, 4) is 16.9 Å². The van der Waals surface area contributed by atoms with Gasteiger partial charge >= 0.3 is 0 Å². The highest BCUT2D eigenvalue weighted by Gasteiger charge is 2.24. The summed E-state index contributed by atoms with van der Waals surface area (Å²) in [5.41, 5.74) is 8.54. The molecule has 1 atom stereocenters. The minimum atomic E-state index is -0.232. The van der Waals surface area contributed by atoms with Crippen molar-refractivity contribution in [3.63, 3.8) is 0 Å². The molecule has 6 heteroatoms. The number of fused-ring (bicyclic) bond motifs is 1. The van der Waals surface area contributed by atoms with Gasteiger partial charge in [-0.2, -0.15) is 0 Å². The zero-order valence-electron chi connectivity index (χ0n) is 22.9. The predicted molar refractivity (Wildman–Crippen MR) is 154 cm³/mol. The van der Waals surface area contributed by atoms with E-state index in [1.807, 2.05) is 48.7 Å². The summed E-state index contributed by atoms with van der Waals surface area (Å²) in [7, 11) is 1.63. The molecule has 0 saturated heterocycles. The van der Waals surface area contributed by atoms with E-state index in [1.54, 1.807) is 7.05 Å². The topological polar surface area (TPSA) is 53.9 Å². The molecule has 2 aliphatic rings. The molecule has 5 rings (SSSR count). The van der Waals surface area contributed by atoms with Crippen LogP contribution in [0.25, 0.3) is 11.1 Å². The fourth-order valence-electron chi connectivity index (χ4n) is 5.12. The van der Waals surface area contributed by atoms with E-state index in [2.05, 4.69) is 43.1 Å². The van der Waals surface area contributed by atoms with Gasteiger partial charge in [-0.1, -0.05) is 42.8 Å². The van der Waals surface area contributed by atoms with E-state index in [1.165, 1.54) is 23.3 Å². The van der Waals surface area contributed by atoms with Gasteiger partial charge in [0.05, 0.1) is 6.54 Å². The van der Waals surface area contributed by atoms with Gasteiger partial charge in [0, 0.05) is 48.8 Å². The summed E-state index contributed by atoms with van der Waals surface area (Å²) in [6, 6.07) is 20.6. The minimum Gasteiger partial charge on any atom is -0.491 e. The molecule has 3 aromatic carbocycles. The van der Waals surface area contributed by atoms with Gasteiger partial charge < -0.3 is 15.0 Å². The Morgan fingerprint density at radius 2 is 1.77 bits per heavy atom. The molecule has 3 aromatic rings. The quantitative estimate of drug-likeness (QED) is 0.412. The molecule has 0 fully saturated rings. The van der Waals surface area contributed by atoms with Gasteiger partial charge in [0.15, 0.2) is 0 Å². The first-order valence-corrected chi connectivity index (χ1v) is 13.4. The standard InChI is InChI=1S/C33H34FN3O2/c1-21-19-36-32(30(23(3)22(21)2)17-24-5-12-29(34)13-6-24)37-15-16-39-31-14-11-27(18-28(31)20-37)25-7-9-26(10-8-25)33(38)35-4/h5-14,18-19,21H,15-17,20H2,1-4H3,(H,35,38). The fourth-order valence-corrected chi connectivity index (χ4v) is 5.12. The van der Waals surface area contributed by atoms with Crippen LogP contribution in [-0.4, -0.2) is 37.2 Å². The second-order valence-electron chi connectivity index (χ2n) is 10.2. The Morgan fingerprint density at radius 3 is 2.49 bits per heavy atom. The Balaban J connectivity index is 1.51. The maximum absolute atomic E-state index is 13.6. The SMILES string of the molecule is CNC(=O)c1ccc(-c2ccc3c(c2)CN(C2=C(Cc4ccc(F)cc4)C(C)=C(C)C(C)C=N2)CCO3)cc1. The zero-order chi connectivity index (χ0) is 27.5. The lowest BCUT2D eigenvalue weighted by atomic mass is 9.91. The molecule has 2 aliphatic heterocycles. The number of halogens is 1. The number of allylic oxidation sites excluding steroid dienone is 3. The average molecular weight is 524 g/mol. The normalized spacial score (nSPS) is 17.4. The molecule has 1 N–H and O–H groups in total. The molecule has 0 aromatic heterocycles. The second-order valence-corrected chi connectivity index (χ2v) is 10.2. The van der Waals surface area contributed by atoms with Crippen LogP contribution < -0.4 is 10.1 Å². The summed E-state index contributed by atoms with van der Waals surface area (Å²) in [5.74, 6) is 1.71. The summed E-state index contributed by atoms with van der Waals surface area (Å²) in [5, 5.41) is 2.66. The van der Waals surface area contributed by atoms with Crippen LogP contribution in [0.2, 0.25) is 0 Å². The molecule has 0 aliphatic carbocycles. The largest absolute Gasteiger partial charge is 0.491 e. The van der Waals surface area contributed by atoms with Crippen LogP contribution in [0.5, 0.6) is 5.75 Å².